The number of nitrogens with one attached hydrogen (secondary N) is 1. The van der Waals surface area contributed by atoms with Crippen LogP contribution in [0.5, 0.6) is 0 Å². The molecule has 0 radical (unpaired) electrons. The van der Waals surface area contributed by atoms with Crippen LogP contribution in [-0.2, 0) is 11.8 Å². The number of carbonyl (C=O) groups is 1. The van der Waals surface area contributed by atoms with Crippen molar-refractivity contribution in [2.75, 3.05) is 11.1 Å². The number of rotatable bonds is 5. The number of amides is 1. The minimum Gasteiger partial charge on any atom is -0.325 e. The number of benzene rings is 1. The van der Waals surface area contributed by atoms with Crippen LogP contribution in [0.25, 0.3) is 10.7 Å². The fourth-order valence-corrected chi connectivity index (χ4v) is 3.60. The maximum Gasteiger partial charge on any atom is 0.234 e. The van der Waals surface area contributed by atoms with Gasteiger partial charge >= 0.3 is 0 Å². The van der Waals surface area contributed by atoms with E-state index in [4.69, 9.17) is 11.6 Å². The number of carbonyl (C=O) groups excluding carboxylic acids is 1. The third-order valence-electron chi connectivity index (χ3n) is 3.02. The number of thiophene rings is 1. The van der Waals surface area contributed by atoms with Gasteiger partial charge in [-0.05, 0) is 29.6 Å². The van der Waals surface area contributed by atoms with Gasteiger partial charge in [0.15, 0.2) is 11.0 Å². The highest BCUT2D eigenvalue weighted by Crippen LogP contribution is 2.26. The molecule has 3 rings (SSSR count). The number of hydrogen-bond acceptors (Lipinski definition) is 5. The summed E-state index contributed by atoms with van der Waals surface area (Å²) in [6, 6.07) is 11.0. The molecular weight excluding hydrogens is 352 g/mol. The Hall–Kier alpha value is -1.83. The van der Waals surface area contributed by atoms with E-state index in [1.807, 2.05) is 29.1 Å². The molecule has 0 aliphatic carbocycles. The summed E-state index contributed by atoms with van der Waals surface area (Å²) >= 11 is 8.85. The highest BCUT2D eigenvalue weighted by molar-refractivity contribution is 7.99. The van der Waals surface area contributed by atoms with Crippen LogP contribution in [0.3, 0.4) is 0 Å². The van der Waals surface area contributed by atoms with Crippen molar-refractivity contribution in [3.05, 3.63) is 46.8 Å². The van der Waals surface area contributed by atoms with Gasteiger partial charge in [0, 0.05) is 17.8 Å². The first kappa shape index (κ1) is 16.0. The lowest BCUT2D eigenvalue weighted by molar-refractivity contribution is -0.113. The summed E-state index contributed by atoms with van der Waals surface area (Å²) in [6.07, 6.45) is 0. The van der Waals surface area contributed by atoms with Gasteiger partial charge in [-0.1, -0.05) is 35.5 Å². The van der Waals surface area contributed by atoms with Crippen LogP contribution in [0.2, 0.25) is 5.02 Å². The van der Waals surface area contributed by atoms with Gasteiger partial charge in [-0.3, -0.25) is 4.79 Å². The predicted octanol–water partition coefficient (Wildman–Crippen LogP) is 3.93. The normalized spacial score (nSPS) is 10.7. The van der Waals surface area contributed by atoms with Gasteiger partial charge in [-0.25, -0.2) is 0 Å². The monoisotopic (exact) mass is 364 g/mol. The van der Waals surface area contributed by atoms with Gasteiger partial charge < -0.3 is 9.88 Å². The molecule has 0 bridgehead atoms. The molecule has 118 valence electrons. The lowest BCUT2D eigenvalue weighted by atomic mass is 10.3. The highest BCUT2D eigenvalue weighted by atomic mass is 35.5. The number of halogens is 1. The molecule has 0 atom stereocenters. The molecule has 1 amide bonds. The molecule has 0 saturated heterocycles. The first-order valence-corrected chi connectivity index (χ1v) is 8.99. The smallest absolute Gasteiger partial charge is 0.234 e. The second-order valence-corrected chi connectivity index (χ2v) is 7.02. The molecule has 5 nitrogen and oxygen atoms in total. The third kappa shape index (κ3) is 3.93. The van der Waals surface area contributed by atoms with Gasteiger partial charge in [-0.2, -0.15) is 0 Å². The van der Waals surface area contributed by atoms with Crippen LogP contribution in [-0.4, -0.2) is 26.4 Å². The molecule has 1 N–H and O–H groups in total. The van der Waals surface area contributed by atoms with Crippen molar-refractivity contribution in [2.45, 2.75) is 5.16 Å². The van der Waals surface area contributed by atoms with E-state index in [0.29, 0.717) is 15.9 Å². The maximum atomic E-state index is 12.0. The molecule has 0 fully saturated rings. The van der Waals surface area contributed by atoms with E-state index in [9.17, 15) is 4.79 Å². The zero-order valence-corrected chi connectivity index (χ0v) is 14.6. The lowest BCUT2D eigenvalue weighted by Crippen LogP contribution is -2.14. The molecule has 0 unspecified atom stereocenters. The molecular formula is C15H13ClN4OS2. The van der Waals surface area contributed by atoms with Gasteiger partial charge in [0.05, 0.1) is 10.6 Å². The number of aromatic nitrogens is 3. The van der Waals surface area contributed by atoms with E-state index >= 15 is 0 Å². The summed E-state index contributed by atoms with van der Waals surface area (Å²) in [5.74, 6) is 0.943. The molecule has 0 aliphatic heterocycles. The number of anilines is 1. The average Bonchev–Trinajstić information content (AvgIpc) is 3.15. The molecule has 2 aromatic heterocycles. The summed E-state index contributed by atoms with van der Waals surface area (Å²) < 4.78 is 1.89. The van der Waals surface area contributed by atoms with E-state index in [1.54, 1.807) is 35.6 Å². The van der Waals surface area contributed by atoms with Crippen LogP contribution in [0.1, 0.15) is 0 Å². The van der Waals surface area contributed by atoms with Crippen molar-refractivity contribution in [2.24, 2.45) is 7.05 Å². The van der Waals surface area contributed by atoms with Crippen molar-refractivity contribution in [1.82, 2.24) is 14.8 Å². The molecule has 2 heterocycles. The van der Waals surface area contributed by atoms with Crippen LogP contribution in [0.4, 0.5) is 5.69 Å². The fourth-order valence-electron chi connectivity index (χ4n) is 1.95. The van der Waals surface area contributed by atoms with E-state index in [2.05, 4.69) is 15.5 Å². The quantitative estimate of drug-likeness (QED) is 0.697. The minimum absolute atomic E-state index is 0.113. The second-order valence-electron chi connectivity index (χ2n) is 4.69. The molecule has 0 saturated carbocycles. The Morgan fingerprint density at radius 3 is 2.96 bits per heavy atom. The first-order valence-electron chi connectivity index (χ1n) is 6.75. The van der Waals surface area contributed by atoms with Crippen LogP contribution < -0.4 is 5.32 Å². The largest absolute Gasteiger partial charge is 0.325 e. The Morgan fingerprint density at radius 1 is 1.35 bits per heavy atom. The van der Waals surface area contributed by atoms with E-state index in [-0.39, 0.29) is 11.7 Å². The Labute approximate surface area is 146 Å². The van der Waals surface area contributed by atoms with Crippen LogP contribution in [0, 0.1) is 0 Å². The second kappa shape index (κ2) is 7.16. The van der Waals surface area contributed by atoms with Crippen molar-refractivity contribution in [1.29, 1.82) is 0 Å². The van der Waals surface area contributed by atoms with Crippen LogP contribution >= 0.6 is 34.7 Å². The third-order valence-corrected chi connectivity index (χ3v) is 5.14. The van der Waals surface area contributed by atoms with E-state index < -0.39 is 0 Å². The Balaban J connectivity index is 1.61. The molecule has 3 aromatic rings. The van der Waals surface area contributed by atoms with Crippen molar-refractivity contribution in [3.63, 3.8) is 0 Å². The topological polar surface area (TPSA) is 59.8 Å². The van der Waals surface area contributed by atoms with Crippen molar-refractivity contribution < 1.29 is 4.79 Å². The number of nitrogens with zero attached hydrogens (tertiary/aromatic N) is 3. The molecule has 8 heteroatoms. The Morgan fingerprint density at radius 2 is 2.22 bits per heavy atom. The van der Waals surface area contributed by atoms with Gasteiger partial charge in [0.1, 0.15) is 0 Å². The van der Waals surface area contributed by atoms with Crippen molar-refractivity contribution in [3.8, 4) is 10.7 Å². The Kier molecular flexibility index (Phi) is 5.00. The summed E-state index contributed by atoms with van der Waals surface area (Å²) in [5, 5.41) is 14.4. The Bertz CT molecular complexity index is 817. The van der Waals surface area contributed by atoms with Crippen LogP contribution in [0.15, 0.2) is 46.9 Å². The SMILES string of the molecule is Cn1c(SCC(=O)Nc2cccc(Cl)c2)nnc1-c1cccs1. The predicted molar refractivity (Wildman–Crippen MR) is 95.1 cm³/mol. The minimum atomic E-state index is -0.113. The molecule has 1 aromatic carbocycles. The summed E-state index contributed by atoms with van der Waals surface area (Å²) in [7, 11) is 1.90. The molecule has 0 aliphatic rings. The van der Waals surface area contributed by atoms with Gasteiger partial charge in [0.2, 0.25) is 5.91 Å². The summed E-state index contributed by atoms with van der Waals surface area (Å²) in [4.78, 5) is 13.1. The van der Waals surface area contributed by atoms with Crippen molar-refractivity contribution >= 4 is 46.3 Å². The standard InChI is InChI=1S/C15H13ClN4OS2/c1-20-14(12-6-3-7-22-12)18-19-15(20)23-9-13(21)17-11-5-2-4-10(16)8-11/h2-8H,9H2,1H3,(H,17,21). The van der Waals surface area contributed by atoms with Gasteiger partial charge in [-0.15, -0.1) is 21.5 Å². The summed E-state index contributed by atoms with van der Waals surface area (Å²) in [5.41, 5.74) is 0.681. The zero-order chi connectivity index (χ0) is 16.2. The number of hydrogen-bond donors (Lipinski definition) is 1. The zero-order valence-electron chi connectivity index (χ0n) is 12.2. The first-order chi connectivity index (χ1) is 11.1. The van der Waals surface area contributed by atoms with E-state index in [0.717, 1.165) is 10.7 Å². The number of thioether (sulfide) groups is 1. The fraction of sp³-hybridized carbons (Fsp3) is 0.133. The maximum absolute atomic E-state index is 12.0. The van der Waals surface area contributed by atoms with Gasteiger partial charge in [0.25, 0.3) is 0 Å². The lowest BCUT2D eigenvalue weighted by Gasteiger charge is -2.05. The summed E-state index contributed by atoms with van der Waals surface area (Å²) in [6.45, 7) is 0. The molecule has 23 heavy (non-hydrogen) atoms. The highest BCUT2D eigenvalue weighted by Gasteiger charge is 2.13. The van der Waals surface area contributed by atoms with E-state index in [1.165, 1.54) is 11.8 Å². The molecule has 0 spiro atoms. The average molecular weight is 365 g/mol.